The summed E-state index contributed by atoms with van der Waals surface area (Å²) < 4.78 is 10.8. The van der Waals surface area contributed by atoms with Gasteiger partial charge in [0, 0.05) is 38.4 Å². The second-order valence-electron chi connectivity index (χ2n) is 6.65. The van der Waals surface area contributed by atoms with E-state index < -0.39 is 11.5 Å². The minimum absolute atomic E-state index is 0.155. The standard InChI is InChI=1S/C20H23NO5/c22-18(21-20(19(23)24)8-11-25-12-9-20)14-16(17-7-4-10-26-17)13-15-5-2-1-3-6-15/h1-7,10,16H,8-9,11-14H2,(H,21,22)(H,23,24). The molecule has 1 aromatic heterocycles. The highest BCUT2D eigenvalue weighted by Gasteiger charge is 2.41. The number of nitrogens with one attached hydrogen (secondary N) is 1. The van der Waals surface area contributed by atoms with Crippen LogP contribution in [-0.2, 0) is 20.7 Å². The molecule has 26 heavy (non-hydrogen) atoms. The van der Waals surface area contributed by atoms with Gasteiger partial charge in [0.2, 0.25) is 5.91 Å². The van der Waals surface area contributed by atoms with Crippen molar-refractivity contribution in [1.82, 2.24) is 5.32 Å². The summed E-state index contributed by atoms with van der Waals surface area (Å²) in [6.45, 7) is 0.663. The van der Waals surface area contributed by atoms with Gasteiger partial charge in [0.05, 0.1) is 6.26 Å². The molecule has 1 atom stereocenters. The van der Waals surface area contributed by atoms with Gasteiger partial charge in [0.25, 0.3) is 0 Å². The minimum Gasteiger partial charge on any atom is -0.480 e. The second kappa shape index (κ2) is 8.19. The van der Waals surface area contributed by atoms with Gasteiger partial charge >= 0.3 is 5.97 Å². The zero-order valence-corrected chi connectivity index (χ0v) is 14.5. The first-order valence-electron chi connectivity index (χ1n) is 8.78. The maximum Gasteiger partial charge on any atom is 0.329 e. The summed E-state index contributed by atoms with van der Waals surface area (Å²) in [6, 6.07) is 13.5. The van der Waals surface area contributed by atoms with Gasteiger partial charge in [0.1, 0.15) is 11.3 Å². The molecule has 1 aromatic carbocycles. The number of furan rings is 1. The van der Waals surface area contributed by atoms with Gasteiger partial charge in [-0.25, -0.2) is 4.79 Å². The highest BCUT2D eigenvalue weighted by molar-refractivity contribution is 5.87. The average molecular weight is 357 g/mol. The second-order valence-corrected chi connectivity index (χ2v) is 6.65. The smallest absolute Gasteiger partial charge is 0.329 e. The number of carboxylic acids is 1. The van der Waals surface area contributed by atoms with Crippen molar-refractivity contribution in [3.63, 3.8) is 0 Å². The van der Waals surface area contributed by atoms with Crippen LogP contribution in [0, 0.1) is 0 Å². The van der Waals surface area contributed by atoms with E-state index in [1.165, 1.54) is 0 Å². The lowest BCUT2D eigenvalue weighted by atomic mass is 9.88. The molecule has 138 valence electrons. The highest BCUT2D eigenvalue weighted by Crippen LogP contribution is 2.27. The fraction of sp³-hybridized carbons (Fsp3) is 0.400. The molecule has 1 fully saturated rings. The van der Waals surface area contributed by atoms with Crippen molar-refractivity contribution in [2.24, 2.45) is 0 Å². The summed E-state index contributed by atoms with van der Waals surface area (Å²) in [7, 11) is 0. The third-order valence-electron chi connectivity index (χ3n) is 4.84. The lowest BCUT2D eigenvalue weighted by molar-refractivity contribution is -0.152. The van der Waals surface area contributed by atoms with E-state index in [0.29, 0.717) is 19.6 Å². The Morgan fingerprint density at radius 3 is 2.46 bits per heavy atom. The molecule has 0 bridgehead atoms. The fourth-order valence-corrected chi connectivity index (χ4v) is 3.35. The van der Waals surface area contributed by atoms with Crippen LogP contribution in [0.5, 0.6) is 0 Å². The molecular weight excluding hydrogens is 334 g/mol. The molecule has 6 heteroatoms. The molecule has 1 amide bonds. The number of ether oxygens (including phenoxy) is 1. The first kappa shape index (κ1) is 18.2. The number of hydrogen-bond acceptors (Lipinski definition) is 4. The van der Waals surface area contributed by atoms with E-state index in [0.717, 1.165) is 11.3 Å². The molecule has 1 unspecified atom stereocenters. The largest absolute Gasteiger partial charge is 0.480 e. The minimum atomic E-state index is -1.24. The monoisotopic (exact) mass is 357 g/mol. The maximum atomic E-state index is 12.7. The number of carbonyl (C=O) groups is 2. The normalized spacial score (nSPS) is 17.4. The van der Waals surface area contributed by atoms with E-state index in [-0.39, 0.29) is 31.1 Å². The van der Waals surface area contributed by atoms with Crippen LogP contribution < -0.4 is 5.32 Å². The number of hydrogen-bond donors (Lipinski definition) is 2. The molecule has 3 rings (SSSR count). The lowest BCUT2D eigenvalue weighted by Crippen LogP contribution is -2.57. The quantitative estimate of drug-likeness (QED) is 0.795. The van der Waals surface area contributed by atoms with Gasteiger partial charge < -0.3 is 19.6 Å². The Morgan fingerprint density at radius 1 is 1.12 bits per heavy atom. The predicted molar refractivity (Wildman–Crippen MR) is 94.8 cm³/mol. The van der Waals surface area contributed by atoms with E-state index in [2.05, 4.69) is 5.32 Å². The molecule has 2 heterocycles. The molecule has 1 aliphatic heterocycles. The predicted octanol–water partition coefficient (Wildman–Crippen LogP) is 2.75. The van der Waals surface area contributed by atoms with Gasteiger partial charge in [-0.05, 0) is 24.1 Å². The first-order valence-corrected chi connectivity index (χ1v) is 8.78. The van der Waals surface area contributed by atoms with E-state index in [9.17, 15) is 14.7 Å². The zero-order chi connectivity index (χ0) is 18.4. The van der Waals surface area contributed by atoms with Gasteiger partial charge in [-0.1, -0.05) is 30.3 Å². The van der Waals surface area contributed by atoms with Gasteiger partial charge in [-0.3, -0.25) is 4.79 Å². The van der Waals surface area contributed by atoms with Crippen LogP contribution in [0.2, 0.25) is 0 Å². The summed E-state index contributed by atoms with van der Waals surface area (Å²) in [6.07, 6.45) is 2.95. The van der Waals surface area contributed by atoms with Gasteiger partial charge in [0.15, 0.2) is 0 Å². The number of rotatable bonds is 7. The third kappa shape index (κ3) is 4.32. The lowest BCUT2D eigenvalue weighted by Gasteiger charge is -2.34. The number of amides is 1. The van der Waals surface area contributed by atoms with Crippen LogP contribution in [-0.4, -0.2) is 35.7 Å². The Bertz CT molecular complexity index is 720. The molecule has 2 N–H and O–H groups in total. The zero-order valence-electron chi connectivity index (χ0n) is 14.5. The highest BCUT2D eigenvalue weighted by atomic mass is 16.5. The Hall–Kier alpha value is -2.60. The van der Waals surface area contributed by atoms with Crippen molar-refractivity contribution in [1.29, 1.82) is 0 Å². The fourth-order valence-electron chi connectivity index (χ4n) is 3.35. The Labute approximate surface area is 152 Å². The van der Waals surface area contributed by atoms with Crippen LogP contribution in [0.4, 0.5) is 0 Å². The molecular formula is C20H23NO5. The number of carboxylic acid groups (broad SMARTS) is 1. The summed E-state index contributed by atoms with van der Waals surface area (Å²) in [5.74, 6) is -0.725. The first-order chi connectivity index (χ1) is 12.6. The van der Waals surface area contributed by atoms with Crippen LogP contribution >= 0.6 is 0 Å². The summed E-state index contributed by atoms with van der Waals surface area (Å²) in [5.41, 5.74) is -0.142. The van der Waals surface area contributed by atoms with Gasteiger partial charge in [-0.2, -0.15) is 0 Å². The van der Waals surface area contributed by atoms with Crippen LogP contribution in [0.1, 0.15) is 36.5 Å². The summed E-state index contributed by atoms with van der Waals surface area (Å²) in [5, 5.41) is 12.4. The van der Waals surface area contributed by atoms with Crippen molar-refractivity contribution in [2.45, 2.75) is 37.1 Å². The molecule has 6 nitrogen and oxygen atoms in total. The molecule has 0 spiro atoms. The molecule has 1 saturated heterocycles. The van der Waals surface area contributed by atoms with Crippen LogP contribution in [0.15, 0.2) is 53.1 Å². The maximum absolute atomic E-state index is 12.7. The Kier molecular flexibility index (Phi) is 5.73. The van der Waals surface area contributed by atoms with E-state index in [1.54, 1.807) is 12.3 Å². The molecule has 2 aromatic rings. The van der Waals surface area contributed by atoms with Crippen molar-refractivity contribution in [2.75, 3.05) is 13.2 Å². The third-order valence-corrected chi connectivity index (χ3v) is 4.84. The van der Waals surface area contributed by atoms with Crippen molar-refractivity contribution < 1.29 is 23.8 Å². The molecule has 1 aliphatic rings. The van der Waals surface area contributed by atoms with E-state index in [1.807, 2.05) is 36.4 Å². The number of carbonyl (C=O) groups excluding carboxylic acids is 1. The molecule has 0 saturated carbocycles. The van der Waals surface area contributed by atoms with Gasteiger partial charge in [-0.15, -0.1) is 0 Å². The summed E-state index contributed by atoms with van der Waals surface area (Å²) >= 11 is 0. The van der Waals surface area contributed by atoms with Crippen molar-refractivity contribution >= 4 is 11.9 Å². The molecule has 0 radical (unpaired) electrons. The summed E-state index contributed by atoms with van der Waals surface area (Å²) in [4.78, 5) is 24.4. The van der Waals surface area contributed by atoms with E-state index >= 15 is 0 Å². The van der Waals surface area contributed by atoms with E-state index in [4.69, 9.17) is 9.15 Å². The SMILES string of the molecule is O=C(CC(Cc1ccccc1)c1ccco1)NC1(C(=O)O)CCOCC1. The molecule has 0 aliphatic carbocycles. The Morgan fingerprint density at radius 2 is 1.85 bits per heavy atom. The van der Waals surface area contributed by atoms with Crippen molar-refractivity contribution in [3.05, 3.63) is 60.1 Å². The van der Waals surface area contributed by atoms with Crippen molar-refractivity contribution in [3.8, 4) is 0 Å². The average Bonchev–Trinajstić information content (AvgIpc) is 3.17. The van der Waals surface area contributed by atoms with Crippen LogP contribution in [0.25, 0.3) is 0 Å². The number of benzene rings is 1. The topological polar surface area (TPSA) is 88.8 Å². The number of aliphatic carboxylic acids is 1. The van der Waals surface area contributed by atoms with Crippen LogP contribution in [0.3, 0.4) is 0 Å². The Balaban J connectivity index is 1.71.